The molecule has 0 aliphatic heterocycles. The summed E-state index contributed by atoms with van der Waals surface area (Å²) in [5.74, 6) is -3.86. The molecule has 0 saturated carbocycles. The molecule has 62 valence electrons. The maximum atomic E-state index is 12.2. The molecule has 1 aromatic carbocycles. The van der Waals surface area contributed by atoms with Gasteiger partial charge in [0.2, 0.25) is 0 Å². The third kappa shape index (κ3) is 3.04. The number of rotatable bonds is 0. The second kappa shape index (κ2) is 5.44. The number of hydrogen-bond donors (Lipinski definition) is 0. The Morgan fingerprint density at radius 3 is 1.75 bits per heavy atom. The first-order valence-electron chi connectivity index (χ1n) is 2.84. The minimum absolute atomic E-state index is 0.122. The normalized spacial score (nSPS) is 8.83. The Morgan fingerprint density at radius 1 is 1.08 bits per heavy atom. The van der Waals surface area contributed by atoms with Crippen molar-refractivity contribution in [3.63, 3.8) is 0 Å². The van der Waals surface area contributed by atoms with Crippen molar-refractivity contribution in [1.82, 2.24) is 0 Å². The standard InChI is InChI=1S/C7H4F3.ClH.Zn/c1-4-2-5(8)7(10)6(9)3-4;;/h2-3H,1H2;1H;/q-1;;+2/p-1. The fraction of sp³-hybridized carbons (Fsp3) is 0. The summed E-state index contributed by atoms with van der Waals surface area (Å²) in [6.45, 7) is 3.24. The number of hydrogen-bond acceptors (Lipinski definition) is 0. The molecule has 0 unspecified atom stereocenters. The van der Waals surface area contributed by atoms with E-state index in [1.165, 1.54) is 0 Å². The zero-order valence-corrected chi connectivity index (χ0v) is 9.80. The molecule has 0 N–H and O–H groups in total. The molecule has 0 aliphatic rings. The molecule has 0 saturated heterocycles. The van der Waals surface area contributed by atoms with Gasteiger partial charge in [0.1, 0.15) is 11.6 Å². The average molecular weight is 246 g/mol. The van der Waals surface area contributed by atoms with Crippen molar-refractivity contribution < 1.29 is 30.5 Å². The van der Waals surface area contributed by atoms with Crippen LogP contribution in [0.1, 0.15) is 5.56 Å². The molecular formula is C7H4ClF3Zn. The summed E-state index contributed by atoms with van der Waals surface area (Å²) in [5.41, 5.74) is 0.122. The van der Waals surface area contributed by atoms with Gasteiger partial charge in [-0.3, -0.25) is 0 Å². The Hall–Kier alpha value is -0.207. The van der Waals surface area contributed by atoms with Crippen molar-refractivity contribution in [3.05, 3.63) is 42.1 Å². The molecule has 0 spiro atoms. The summed E-state index contributed by atoms with van der Waals surface area (Å²) in [6, 6.07) is 1.66. The molecule has 0 aromatic heterocycles. The summed E-state index contributed by atoms with van der Waals surface area (Å²) in [6.07, 6.45) is 0. The van der Waals surface area contributed by atoms with Gasteiger partial charge in [-0.05, 0) is 0 Å². The predicted molar refractivity (Wildman–Crippen MR) is 36.6 cm³/mol. The van der Waals surface area contributed by atoms with Gasteiger partial charge in [-0.2, -0.15) is 12.5 Å². The van der Waals surface area contributed by atoms with Crippen LogP contribution in [0.2, 0.25) is 0 Å². The monoisotopic (exact) mass is 244 g/mol. The third-order valence-corrected chi connectivity index (χ3v) is 1.04. The van der Waals surface area contributed by atoms with E-state index in [-0.39, 0.29) is 5.56 Å². The Bertz CT molecular complexity index is 242. The number of halogens is 4. The zero-order chi connectivity index (χ0) is 9.72. The van der Waals surface area contributed by atoms with Gasteiger partial charge in [0.15, 0.2) is 5.82 Å². The SMILES string of the molecule is [CH2-]c1cc(F)c(F)c(F)c1.[Cl][Zn+]. The van der Waals surface area contributed by atoms with E-state index >= 15 is 0 Å². The second-order valence-corrected chi connectivity index (χ2v) is 1.87. The average Bonchev–Trinajstić information content (AvgIpc) is 2.04. The Labute approximate surface area is 82.4 Å². The van der Waals surface area contributed by atoms with Crippen LogP contribution >= 0.6 is 9.69 Å². The first-order valence-corrected chi connectivity index (χ1v) is 6.74. The Morgan fingerprint density at radius 2 is 1.42 bits per heavy atom. The van der Waals surface area contributed by atoms with Gasteiger partial charge in [0, 0.05) is 0 Å². The molecule has 12 heavy (non-hydrogen) atoms. The molecule has 5 heteroatoms. The van der Waals surface area contributed by atoms with Crippen molar-refractivity contribution in [1.29, 1.82) is 0 Å². The zero-order valence-electron chi connectivity index (χ0n) is 6.08. The molecule has 0 heterocycles. The van der Waals surface area contributed by atoms with E-state index in [9.17, 15) is 13.2 Å². The molecule has 0 fully saturated rings. The summed E-state index contributed by atoms with van der Waals surface area (Å²) in [4.78, 5) is 0. The fourth-order valence-corrected chi connectivity index (χ4v) is 0.608. The topological polar surface area (TPSA) is 0 Å². The Kier molecular flexibility index (Phi) is 5.35. The van der Waals surface area contributed by atoms with E-state index in [0.29, 0.717) is 0 Å². The van der Waals surface area contributed by atoms with Crippen molar-refractivity contribution in [2.45, 2.75) is 0 Å². The van der Waals surface area contributed by atoms with E-state index in [1.54, 1.807) is 0 Å². The van der Waals surface area contributed by atoms with E-state index in [0.717, 1.165) is 29.4 Å². The molecule has 0 atom stereocenters. The van der Waals surface area contributed by atoms with Crippen LogP contribution in [0.25, 0.3) is 0 Å². The first kappa shape index (κ1) is 11.8. The van der Waals surface area contributed by atoms with Gasteiger partial charge < -0.3 is 0 Å². The van der Waals surface area contributed by atoms with E-state index in [1.807, 2.05) is 0 Å². The van der Waals surface area contributed by atoms with E-state index < -0.39 is 17.5 Å². The van der Waals surface area contributed by atoms with Crippen LogP contribution in [-0.4, -0.2) is 0 Å². The molecule has 0 amide bonds. The second-order valence-electron chi connectivity index (χ2n) is 1.87. The van der Waals surface area contributed by atoms with Gasteiger partial charge >= 0.3 is 27.0 Å². The summed E-state index contributed by atoms with van der Waals surface area (Å²) < 4.78 is 36.5. The molecular weight excluding hydrogens is 242 g/mol. The van der Waals surface area contributed by atoms with Crippen LogP contribution in [-0.2, 0) is 17.3 Å². The summed E-state index contributed by atoms with van der Waals surface area (Å²) in [5, 5.41) is 0. The van der Waals surface area contributed by atoms with Crippen LogP contribution in [0.15, 0.2) is 12.1 Å². The van der Waals surface area contributed by atoms with Crippen LogP contribution in [0.5, 0.6) is 0 Å². The quantitative estimate of drug-likeness (QED) is 0.375. The van der Waals surface area contributed by atoms with Crippen LogP contribution < -0.4 is 0 Å². The van der Waals surface area contributed by atoms with Gasteiger partial charge in [-0.25, -0.2) is 13.2 Å². The van der Waals surface area contributed by atoms with Crippen molar-refractivity contribution in [3.8, 4) is 0 Å². The predicted octanol–water partition coefficient (Wildman–Crippen LogP) is 2.97. The third-order valence-electron chi connectivity index (χ3n) is 1.04. The van der Waals surface area contributed by atoms with Gasteiger partial charge in [0.25, 0.3) is 0 Å². The van der Waals surface area contributed by atoms with Gasteiger partial charge in [-0.1, -0.05) is 0 Å². The van der Waals surface area contributed by atoms with Crippen molar-refractivity contribution in [2.24, 2.45) is 0 Å². The molecule has 0 nitrogen and oxygen atoms in total. The summed E-state index contributed by atoms with van der Waals surface area (Å²) in [7, 11) is 4.76. The Balaban J connectivity index is 0.000000561. The fourth-order valence-electron chi connectivity index (χ4n) is 0.608. The first-order chi connectivity index (χ1) is 5.61. The van der Waals surface area contributed by atoms with Crippen LogP contribution in [0.4, 0.5) is 13.2 Å². The molecule has 0 aliphatic carbocycles. The van der Waals surface area contributed by atoms with E-state index in [2.05, 4.69) is 6.92 Å². The van der Waals surface area contributed by atoms with Crippen molar-refractivity contribution in [2.75, 3.05) is 0 Å². The van der Waals surface area contributed by atoms with E-state index in [4.69, 9.17) is 9.69 Å². The number of benzene rings is 1. The maximum absolute atomic E-state index is 12.2. The van der Waals surface area contributed by atoms with Crippen LogP contribution in [0, 0.1) is 24.4 Å². The molecule has 1 aromatic rings. The summed E-state index contributed by atoms with van der Waals surface area (Å²) >= 11 is 0.847. The van der Waals surface area contributed by atoms with Crippen LogP contribution in [0.3, 0.4) is 0 Å². The van der Waals surface area contributed by atoms with Crippen molar-refractivity contribution >= 4 is 9.69 Å². The van der Waals surface area contributed by atoms with Gasteiger partial charge in [0.05, 0.1) is 0 Å². The van der Waals surface area contributed by atoms with Gasteiger partial charge in [-0.15, -0.1) is 12.1 Å². The molecule has 0 bridgehead atoms. The molecule has 1 rings (SSSR count). The minimum atomic E-state index is -1.45. The molecule has 0 radical (unpaired) electrons.